The first-order chi connectivity index (χ1) is 9.40. The van der Waals surface area contributed by atoms with E-state index in [1.807, 2.05) is 0 Å². The van der Waals surface area contributed by atoms with Gasteiger partial charge >= 0.3 is 6.18 Å². The van der Waals surface area contributed by atoms with Gasteiger partial charge in [0.05, 0.1) is 23.1 Å². The highest BCUT2D eigenvalue weighted by Gasteiger charge is 2.31. The summed E-state index contributed by atoms with van der Waals surface area (Å²) in [6.07, 6.45) is -1.41. The van der Waals surface area contributed by atoms with Gasteiger partial charge in [-0.15, -0.1) is 16.7 Å². The maximum atomic E-state index is 12.8. The fourth-order valence-corrected chi connectivity index (χ4v) is 2.27. The van der Waals surface area contributed by atoms with Gasteiger partial charge in [-0.2, -0.15) is 13.2 Å². The quantitative estimate of drug-likeness (QED) is 0.757. The second-order valence-electron chi connectivity index (χ2n) is 4.14. The average molecular weight is 369 g/mol. The molecule has 0 bridgehead atoms. The SMILES string of the molecule is FC(F)(F)c1cc(Br)cc(-n2cc(CCCCl)nn2)c1. The minimum atomic E-state index is -4.40. The van der Waals surface area contributed by atoms with E-state index in [0.29, 0.717) is 28.2 Å². The number of benzene rings is 1. The highest BCUT2D eigenvalue weighted by molar-refractivity contribution is 9.10. The molecule has 0 atom stereocenters. The van der Waals surface area contributed by atoms with Crippen molar-refractivity contribution < 1.29 is 13.2 Å². The smallest absolute Gasteiger partial charge is 0.220 e. The number of rotatable bonds is 4. The van der Waals surface area contributed by atoms with Crippen LogP contribution in [0, 0.1) is 0 Å². The predicted molar refractivity (Wildman–Crippen MR) is 73.1 cm³/mol. The van der Waals surface area contributed by atoms with Crippen LogP contribution in [0.1, 0.15) is 17.7 Å². The Morgan fingerprint density at radius 1 is 1.25 bits per heavy atom. The molecule has 0 saturated heterocycles. The predicted octanol–water partition coefficient (Wildman–Crippen LogP) is 4.22. The molecule has 0 saturated carbocycles. The molecule has 0 radical (unpaired) electrons. The lowest BCUT2D eigenvalue weighted by Crippen LogP contribution is -2.06. The van der Waals surface area contributed by atoms with Gasteiger partial charge in [0, 0.05) is 10.4 Å². The molecule has 0 spiro atoms. The molecule has 0 unspecified atom stereocenters. The summed E-state index contributed by atoms with van der Waals surface area (Å²) in [7, 11) is 0. The minimum absolute atomic E-state index is 0.302. The highest BCUT2D eigenvalue weighted by atomic mass is 79.9. The molecule has 1 aromatic heterocycles. The second kappa shape index (κ2) is 6.13. The van der Waals surface area contributed by atoms with E-state index in [0.717, 1.165) is 18.6 Å². The van der Waals surface area contributed by atoms with E-state index in [2.05, 4.69) is 26.2 Å². The monoisotopic (exact) mass is 367 g/mol. The zero-order chi connectivity index (χ0) is 14.8. The van der Waals surface area contributed by atoms with Crippen LogP contribution in [-0.2, 0) is 12.6 Å². The summed E-state index contributed by atoms with van der Waals surface area (Å²) in [5, 5.41) is 7.75. The molecule has 0 aliphatic rings. The van der Waals surface area contributed by atoms with E-state index in [-0.39, 0.29) is 0 Å². The maximum absolute atomic E-state index is 12.8. The summed E-state index contributed by atoms with van der Waals surface area (Å²) in [6, 6.07) is 3.61. The van der Waals surface area contributed by atoms with Crippen LogP contribution in [0.15, 0.2) is 28.9 Å². The molecule has 8 heteroatoms. The lowest BCUT2D eigenvalue weighted by Gasteiger charge is -2.09. The lowest BCUT2D eigenvalue weighted by atomic mass is 10.2. The molecule has 1 aromatic carbocycles. The Hall–Kier alpha value is -1.08. The third kappa shape index (κ3) is 3.73. The van der Waals surface area contributed by atoms with Crippen molar-refractivity contribution in [2.24, 2.45) is 0 Å². The molecule has 0 aliphatic carbocycles. The van der Waals surface area contributed by atoms with Crippen molar-refractivity contribution in [3.8, 4) is 5.69 Å². The van der Waals surface area contributed by atoms with Crippen LogP contribution in [-0.4, -0.2) is 20.9 Å². The van der Waals surface area contributed by atoms with E-state index >= 15 is 0 Å². The van der Waals surface area contributed by atoms with E-state index in [1.165, 1.54) is 4.68 Å². The van der Waals surface area contributed by atoms with Gasteiger partial charge in [0.15, 0.2) is 0 Å². The van der Waals surface area contributed by atoms with Crippen LogP contribution in [0.25, 0.3) is 5.69 Å². The summed E-state index contributed by atoms with van der Waals surface area (Å²) >= 11 is 8.65. The molecule has 1 heterocycles. The van der Waals surface area contributed by atoms with Crippen molar-refractivity contribution in [1.29, 1.82) is 0 Å². The molecule has 2 aromatic rings. The van der Waals surface area contributed by atoms with Crippen LogP contribution in [0.5, 0.6) is 0 Å². The first-order valence-electron chi connectivity index (χ1n) is 5.75. The fraction of sp³-hybridized carbons (Fsp3) is 0.333. The summed E-state index contributed by atoms with van der Waals surface area (Å²) < 4.78 is 39.9. The van der Waals surface area contributed by atoms with E-state index < -0.39 is 11.7 Å². The zero-order valence-electron chi connectivity index (χ0n) is 10.2. The normalized spacial score (nSPS) is 11.8. The molecule has 108 valence electrons. The van der Waals surface area contributed by atoms with E-state index in [4.69, 9.17) is 11.6 Å². The Morgan fingerprint density at radius 3 is 2.65 bits per heavy atom. The second-order valence-corrected chi connectivity index (χ2v) is 5.44. The molecule has 0 fully saturated rings. The standard InChI is InChI=1S/C12H10BrClF3N3/c13-9-4-8(12(15,16)17)5-11(6-9)20-7-10(18-19-20)2-1-3-14/h4-7H,1-3H2. The third-order valence-electron chi connectivity index (χ3n) is 2.58. The molecule has 0 amide bonds. The van der Waals surface area contributed by atoms with Crippen molar-refractivity contribution in [3.05, 3.63) is 40.1 Å². The van der Waals surface area contributed by atoms with Gasteiger partial charge in [-0.25, -0.2) is 4.68 Å². The van der Waals surface area contributed by atoms with Gasteiger partial charge < -0.3 is 0 Å². The largest absolute Gasteiger partial charge is 0.416 e. The third-order valence-corrected chi connectivity index (χ3v) is 3.31. The van der Waals surface area contributed by atoms with Crippen molar-refractivity contribution in [1.82, 2.24) is 15.0 Å². The highest BCUT2D eigenvalue weighted by Crippen LogP contribution is 2.32. The van der Waals surface area contributed by atoms with Crippen LogP contribution in [0.2, 0.25) is 0 Å². The summed E-state index contributed by atoms with van der Waals surface area (Å²) in [4.78, 5) is 0. The number of hydrogen-bond donors (Lipinski definition) is 0. The Morgan fingerprint density at radius 2 is 2.00 bits per heavy atom. The summed E-state index contributed by atoms with van der Waals surface area (Å²) in [6.45, 7) is 0. The van der Waals surface area contributed by atoms with Gasteiger partial charge in [0.25, 0.3) is 0 Å². The van der Waals surface area contributed by atoms with Crippen LogP contribution < -0.4 is 0 Å². The van der Waals surface area contributed by atoms with Crippen molar-refractivity contribution in [2.75, 3.05) is 5.88 Å². The van der Waals surface area contributed by atoms with Crippen molar-refractivity contribution in [2.45, 2.75) is 19.0 Å². The van der Waals surface area contributed by atoms with Crippen molar-refractivity contribution >= 4 is 27.5 Å². The van der Waals surface area contributed by atoms with Gasteiger partial charge in [0.2, 0.25) is 0 Å². The van der Waals surface area contributed by atoms with E-state index in [9.17, 15) is 13.2 Å². The van der Waals surface area contributed by atoms with Crippen LogP contribution in [0.3, 0.4) is 0 Å². The Kier molecular flexibility index (Phi) is 4.70. The van der Waals surface area contributed by atoms with Crippen LogP contribution >= 0.6 is 27.5 Å². The number of aromatic nitrogens is 3. The van der Waals surface area contributed by atoms with Gasteiger partial charge in [0.1, 0.15) is 0 Å². The van der Waals surface area contributed by atoms with Crippen LogP contribution in [0.4, 0.5) is 13.2 Å². The first kappa shape index (κ1) is 15.3. The fourth-order valence-electron chi connectivity index (χ4n) is 1.66. The van der Waals surface area contributed by atoms with E-state index in [1.54, 1.807) is 12.3 Å². The van der Waals surface area contributed by atoms with Gasteiger partial charge in [-0.1, -0.05) is 21.1 Å². The maximum Gasteiger partial charge on any atom is 0.416 e. The van der Waals surface area contributed by atoms with Gasteiger partial charge in [-0.3, -0.25) is 0 Å². The average Bonchev–Trinajstić information content (AvgIpc) is 2.83. The molecule has 3 nitrogen and oxygen atoms in total. The molecular formula is C12H10BrClF3N3. The lowest BCUT2D eigenvalue weighted by molar-refractivity contribution is -0.137. The number of hydrogen-bond acceptors (Lipinski definition) is 2. The summed E-state index contributed by atoms with van der Waals surface area (Å²) in [5.41, 5.74) is 0.259. The number of aryl methyl sites for hydroxylation is 1. The molecule has 0 aliphatic heterocycles. The molecule has 20 heavy (non-hydrogen) atoms. The Balaban J connectivity index is 2.32. The number of alkyl halides is 4. The molecule has 2 rings (SSSR count). The first-order valence-corrected chi connectivity index (χ1v) is 7.08. The minimum Gasteiger partial charge on any atom is -0.220 e. The zero-order valence-corrected chi connectivity index (χ0v) is 12.5. The number of nitrogens with zero attached hydrogens (tertiary/aromatic N) is 3. The van der Waals surface area contributed by atoms with Gasteiger partial charge in [-0.05, 0) is 31.0 Å². The summed E-state index contributed by atoms with van der Waals surface area (Å²) in [5.74, 6) is 0.502. The Labute approximate surface area is 126 Å². The molecule has 0 N–H and O–H groups in total. The Bertz CT molecular complexity index is 598. The number of halogens is 5. The topological polar surface area (TPSA) is 30.7 Å². The molecular weight excluding hydrogens is 359 g/mol. The van der Waals surface area contributed by atoms with Crippen molar-refractivity contribution in [3.63, 3.8) is 0 Å².